The van der Waals surface area contributed by atoms with E-state index in [0.717, 1.165) is 18.4 Å². The molecule has 2 aliphatic heterocycles. The van der Waals surface area contributed by atoms with Crippen molar-refractivity contribution in [2.45, 2.75) is 64.0 Å². The Bertz CT molecular complexity index is 1130. The van der Waals surface area contributed by atoms with Crippen molar-refractivity contribution in [2.24, 2.45) is 5.41 Å². The molecule has 9 heteroatoms. The van der Waals surface area contributed by atoms with Crippen molar-refractivity contribution in [1.29, 1.82) is 0 Å². The SMILES string of the molecule is CN1CC(C)(C(O)(c2ccc(OC(F)(F)F)cc2)c2cccc(C3CCN(C(=O)OC(C)(C)C)CC3)c2)C1. The third kappa shape index (κ3) is 5.94. The molecule has 2 saturated heterocycles. The number of hydrogen-bond acceptors (Lipinski definition) is 5. The molecule has 1 atom stereocenters. The van der Waals surface area contributed by atoms with Gasteiger partial charge in [-0.15, -0.1) is 13.2 Å². The van der Waals surface area contributed by atoms with Crippen LogP contribution in [0.15, 0.2) is 48.5 Å². The third-order valence-electron chi connectivity index (χ3n) is 7.54. The second-order valence-electron chi connectivity index (χ2n) is 11.9. The van der Waals surface area contributed by atoms with Crippen LogP contribution in [0.5, 0.6) is 5.75 Å². The highest BCUT2D eigenvalue weighted by molar-refractivity contribution is 5.68. The number of benzene rings is 2. The van der Waals surface area contributed by atoms with Gasteiger partial charge in [-0.2, -0.15) is 0 Å². The highest BCUT2D eigenvalue weighted by Gasteiger charge is 2.55. The van der Waals surface area contributed by atoms with E-state index in [1.54, 1.807) is 4.90 Å². The number of amides is 1. The van der Waals surface area contributed by atoms with Crippen molar-refractivity contribution in [1.82, 2.24) is 9.80 Å². The fourth-order valence-corrected chi connectivity index (χ4v) is 5.87. The Balaban J connectivity index is 1.59. The average molecular weight is 535 g/mol. The highest BCUT2D eigenvalue weighted by Crippen LogP contribution is 2.51. The smallest absolute Gasteiger partial charge is 0.444 e. The number of alkyl halides is 3. The number of nitrogens with zero attached hydrogens (tertiary/aromatic N) is 2. The molecule has 2 aromatic rings. The van der Waals surface area contributed by atoms with Crippen LogP contribution in [0, 0.1) is 5.41 Å². The normalized spacial score (nSPS) is 20.4. The summed E-state index contributed by atoms with van der Waals surface area (Å²) < 4.78 is 47.6. The second-order valence-corrected chi connectivity index (χ2v) is 11.9. The van der Waals surface area contributed by atoms with E-state index in [9.17, 15) is 23.1 Å². The first-order valence-corrected chi connectivity index (χ1v) is 13.0. The van der Waals surface area contributed by atoms with Gasteiger partial charge in [0.1, 0.15) is 17.0 Å². The van der Waals surface area contributed by atoms with Gasteiger partial charge in [0, 0.05) is 31.6 Å². The van der Waals surface area contributed by atoms with Crippen LogP contribution < -0.4 is 4.74 Å². The zero-order valence-corrected chi connectivity index (χ0v) is 22.6. The van der Waals surface area contributed by atoms with E-state index in [1.807, 2.05) is 59.0 Å². The number of carbonyl (C=O) groups is 1. The second kappa shape index (κ2) is 10.1. The van der Waals surface area contributed by atoms with Gasteiger partial charge < -0.3 is 24.4 Å². The van der Waals surface area contributed by atoms with Crippen molar-refractivity contribution in [3.63, 3.8) is 0 Å². The summed E-state index contributed by atoms with van der Waals surface area (Å²) in [6.07, 6.45) is -3.55. The number of ether oxygens (including phenoxy) is 2. The maximum atomic E-state index is 12.7. The summed E-state index contributed by atoms with van der Waals surface area (Å²) in [7, 11) is 1.97. The van der Waals surface area contributed by atoms with E-state index in [-0.39, 0.29) is 17.8 Å². The molecule has 2 heterocycles. The van der Waals surface area contributed by atoms with Crippen molar-refractivity contribution in [3.05, 3.63) is 65.2 Å². The highest BCUT2D eigenvalue weighted by atomic mass is 19.4. The lowest BCUT2D eigenvalue weighted by Crippen LogP contribution is -2.63. The van der Waals surface area contributed by atoms with Crippen LogP contribution in [0.25, 0.3) is 0 Å². The largest absolute Gasteiger partial charge is 0.573 e. The molecule has 1 amide bonds. The van der Waals surface area contributed by atoms with Crippen molar-refractivity contribution >= 4 is 6.09 Å². The maximum absolute atomic E-state index is 12.7. The summed E-state index contributed by atoms with van der Waals surface area (Å²) in [5.74, 6) is -0.123. The van der Waals surface area contributed by atoms with E-state index in [2.05, 4.69) is 9.64 Å². The minimum absolute atomic E-state index is 0.206. The van der Waals surface area contributed by atoms with Crippen molar-refractivity contribution < 1.29 is 32.5 Å². The molecule has 38 heavy (non-hydrogen) atoms. The van der Waals surface area contributed by atoms with E-state index >= 15 is 0 Å². The number of likely N-dealkylation sites (tertiary alicyclic amines) is 2. The fourth-order valence-electron chi connectivity index (χ4n) is 5.87. The number of carbonyl (C=O) groups excluding carboxylic acids is 1. The summed E-state index contributed by atoms with van der Waals surface area (Å²) >= 11 is 0. The van der Waals surface area contributed by atoms with Gasteiger partial charge in [-0.1, -0.05) is 43.3 Å². The average Bonchev–Trinajstić information content (AvgIpc) is 2.81. The van der Waals surface area contributed by atoms with Gasteiger partial charge in [0.25, 0.3) is 0 Å². The van der Waals surface area contributed by atoms with Crippen molar-refractivity contribution in [3.8, 4) is 5.75 Å². The van der Waals surface area contributed by atoms with Gasteiger partial charge in [0.15, 0.2) is 0 Å². The Hall–Kier alpha value is -2.78. The lowest BCUT2D eigenvalue weighted by atomic mass is 9.61. The molecule has 0 bridgehead atoms. The molecule has 1 unspecified atom stereocenters. The fraction of sp³-hybridized carbons (Fsp3) is 0.552. The Kier molecular flexibility index (Phi) is 7.49. The lowest BCUT2D eigenvalue weighted by Gasteiger charge is -2.56. The summed E-state index contributed by atoms with van der Waals surface area (Å²) in [5.41, 5.74) is -0.242. The summed E-state index contributed by atoms with van der Waals surface area (Å²) in [6, 6.07) is 13.4. The quantitative estimate of drug-likeness (QED) is 0.519. The van der Waals surface area contributed by atoms with Crippen LogP contribution >= 0.6 is 0 Å². The zero-order valence-electron chi connectivity index (χ0n) is 22.6. The van der Waals surface area contributed by atoms with Crippen LogP contribution in [-0.4, -0.2) is 66.2 Å². The Morgan fingerprint density at radius 3 is 2.13 bits per heavy atom. The molecule has 2 aliphatic rings. The molecule has 1 N–H and O–H groups in total. The standard InChI is InChI=1S/C29H37F3N2O4/c1-26(2,3)38-25(35)34-15-13-20(14-16-34)21-7-6-8-23(17-21)28(36,27(4)18-33(5)19-27)22-9-11-24(12-10-22)37-29(30,31)32/h6-12,17,20,36H,13-16,18-19H2,1-5H3. The van der Waals surface area contributed by atoms with Crippen LogP contribution in [0.1, 0.15) is 63.1 Å². The molecule has 208 valence electrons. The summed E-state index contributed by atoms with van der Waals surface area (Å²) in [5, 5.41) is 12.4. The molecule has 0 radical (unpaired) electrons. The number of piperidine rings is 1. The van der Waals surface area contributed by atoms with E-state index in [4.69, 9.17) is 4.74 Å². The first-order valence-electron chi connectivity index (χ1n) is 13.0. The van der Waals surface area contributed by atoms with Gasteiger partial charge >= 0.3 is 12.5 Å². The van der Waals surface area contributed by atoms with E-state index in [0.29, 0.717) is 37.3 Å². The first-order chi connectivity index (χ1) is 17.6. The minimum atomic E-state index is -4.78. The van der Waals surface area contributed by atoms with Crippen molar-refractivity contribution in [2.75, 3.05) is 33.2 Å². The van der Waals surface area contributed by atoms with Gasteiger partial charge in [-0.05, 0) is 75.4 Å². The number of aliphatic hydroxyl groups is 1. The molecule has 0 saturated carbocycles. The molecule has 0 aliphatic carbocycles. The van der Waals surface area contributed by atoms with Crippen LogP contribution in [0.3, 0.4) is 0 Å². The predicted molar refractivity (Wildman–Crippen MR) is 138 cm³/mol. The molecule has 4 rings (SSSR count). The van der Waals surface area contributed by atoms with Gasteiger partial charge in [-0.3, -0.25) is 0 Å². The van der Waals surface area contributed by atoms with Crippen LogP contribution in [-0.2, 0) is 10.3 Å². The number of rotatable bonds is 5. The third-order valence-corrected chi connectivity index (χ3v) is 7.54. The Morgan fingerprint density at radius 2 is 1.61 bits per heavy atom. The molecular weight excluding hydrogens is 497 g/mol. The van der Waals surface area contributed by atoms with Gasteiger partial charge in [0.05, 0.1) is 0 Å². The lowest BCUT2D eigenvalue weighted by molar-refractivity contribution is -0.274. The van der Waals surface area contributed by atoms with E-state index in [1.165, 1.54) is 24.3 Å². The minimum Gasteiger partial charge on any atom is -0.444 e. The van der Waals surface area contributed by atoms with Crippen LogP contribution in [0.4, 0.5) is 18.0 Å². The summed E-state index contributed by atoms with van der Waals surface area (Å²) in [4.78, 5) is 16.3. The molecular formula is C29H37F3N2O4. The molecule has 2 aromatic carbocycles. The monoisotopic (exact) mass is 534 g/mol. The first kappa shape index (κ1) is 28.2. The van der Waals surface area contributed by atoms with E-state index < -0.39 is 23.0 Å². The van der Waals surface area contributed by atoms with Gasteiger partial charge in [-0.25, -0.2) is 4.79 Å². The topological polar surface area (TPSA) is 62.2 Å². The Morgan fingerprint density at radius 1 is 1.00 bits per heavy atom. The molecule has 6 nitrogen and oxygen atoms in total. The predicted octanol–water partition coefficient (Wildman–Crippen LogP) is 5.89. The number of halogens is 3. The van der Waals surface area contributed by atoms with Crippen LogP contribution in [0.2, 0.25) is 0 Å². The molecule has 2 fully saturated rings. The molecule has 0 aromatic heterocycles. The maximum Gasteiger partial charge on any atom is 0.573 e. The summed E-state index contributed by atoms with van der Waals surface area (Å²) in [6.45, 7) is 9.96. The molecule has 0 spiro atoms. The van der Waals surface area contributed by atoms with Gasteiger partial charge in [0.2, 0.25) is 0 Å². The number of hydrogen-bond donors (Lipinski definition) is 1. The Labute approximate surface area is 222 Å². The zero-order chi connectivity index (χ0) is 27.9.